The molecule has 5 nitrogen and oxygen atoms in total. The molecular formula is C19H19FN2O3. The third kappa shape index (κ3) is 3.07. The normalized spacial score (nSPS) is 16.3. The van der Waals surface area contributed by atoms with E-state index in [1.165, 1.54) is 11.0 Å². The van der Waals surface area contributed by atoms with Crippen LogP contribution in [0.2, 0.25) is 0 Å². The zero-order valence-electron chi connectivity index (χ0n) is 14.1. The van der Waals surface area contributed by atoms with Crippen molar-refractivity contribution in [1.82, 2.24) is 0 Å². The second-order valence-corrected chi connectivity index (χ2v) is 6.26. The SMILES string of the molecule is CN(C)c1ccc(C(=O)N2CCC(C(=O)O)c3ccccc32)cc1F. The number of carbonyl (C=O) groups excluding carboxylic acids is 1. The van der Waals surface area contributed by atoms with Crippen LogP contribution in [0.25, 0.3) is 0 Å². The van der Waals surface area contributed by atoms with Gasteiger partial charge in [-0.15, -0.1) is 0 Å². The first-order valence-electron chi connectivity index (χ1n) is 8.00. The molecule has 2 aromatic carbocycles. The van der Waals surface area contributed by atoms with Gasteiger partial charge in [-0.05, 0) is 36.2 Å². The Morgan fingerprint density at radius 2 is 1.92 bits per heavy atom. The summed E-state index contributed by atoms with van der Waals surface area (Å²) in [6.07, 6.45) is 0.330. The Hall–Kier alpha value is -2.89. The topological polar surface area (TPSA) is 60.9 Å². The molecule has 1 amide bonds. The third-order valence-electron chi connectivity index (χ3n) is 4.46. The molecule has 0 saturated heterocycles. The summed E-state index contributed by atoms with van der Waals surface area (Å²) in [7, 11) is 3.46. The molecule has 0 fully saturated rings. The number of amides is 1. The summed E-state index contributed by atoms with van der Waals surface area (Å²) < 4.78 is 14.2. The molecule has 6 heteroatoms. The van der Waals surface area contributed by atoms with E-state index in [0.29, 0.717) is 23.4 Å². The number of anilines is 2. The Bertz CT molecular complexity index is 835. The summed E-state index contributed by atoms with van der Waals surface area (Å²) in [5.74, 6) is -2.33. The van der Waals surface area contributed by atoms with E-state index < -0.39 is 17.7 Å². The predicted octanol–water partition coefficient (Wildman–Crippen LogP) is 3.11. The lowest BCUT2D eigenvalue weighted by atomic mass is 9.89. The molecule has 0 bridgehead atoms. The number of nitrogens with zero attached hydrogens (tertiary/aromatic N) is 2. The number of carbonyl (C=O) groups is 2. The molecule has 2 aromatic rings. The van der Waals surface area contributed by atoms with Crippen LogP contribution in [0.1, 0.15) is 28.3 Å². The highest BCUT2D eigenvalue weighted by molar-refractivity contribution is 6.07. The largest absolute Gasteiger partial charge is 0.481 e. The smallest absolute Gasteiger partial charge is 0.311 e. The van der Waals surface area contributed by atoms with Crippen LogP contribution in [0.3, 0.4) is 0 Å². The summed E-state index contributed by atoms with van der Waals surface area (Å²) in [6.45, 7) is 0.282. The van der Waals surface area contributed by atoms with Crippen molar-refractivity contribution in [3.8, 4) is 0 Å². The fourth-order valence-corrected chi connectivity index (χ4v) is 3.19. The van der Waals surface area contributed by atoms with Gasteiger partial charge in [0.25, 0.3) is 5.91 Å². The maximum Gasteiger partial charge on any atom is 0.311 e. The van der Waals surface area contributed by atoms with E-state index in [2.05, 4.69) is 0 Å². The predicted molar refractivity (Wildman–Crippen MR) is 93.8 cm³/mol. The van der Waals surface area contributed by atoms with E-state index >= 15 is 0 Å². The molecule has 0 saturated carbocycles. The summed E-state index contributed by atoms with van der Waals surface area (Å²) in [5, 5.41) is 9.39. The fourth-order valence-electron chi connectivity index (χ4n) is 3.19. The van der Waals surface area contributed by atoms with E-state index in [1.54, 1.807) is 55.4 Å². The summed E-state index contributed by atoms with van der Waals surface area (Å²) >= 11 is 0. The van der Waals surface area contributed by atoms with Gasteiger partial charge in [-0.25, -0.2) is 4.39 Å². The molecule has 0 aliphatic carbocycles. The van der Waals surface area contributed by atoms with Crippen LogP contribution in [0.15, 0.2) is 42.5 Å². The average molecular weight is 342 g/mol. The van der Waals surface area contributed by atoms with Gasteiger partial charge in [0, 0.05) is 31.9 Å². The number of rotatable bonds is 3. The van der Waals surface area contributed by atoms with E-state index in [4.69, 9.17) is 0 Å². The van der Waals surface area contributed by atoms with Crippen molar-refractivity contribution >= 4 is 23.3 Å². The van der Waals surface area contributed by atoms with Crippen molar-refractivity contribution in [1.29, 1.82) is 0 Å². The lowest BCUT2D eigenvalue weighted by molar-refractivity contribution is -0.139. The van der Waals surface area contributed by atoms with E-state index in [1.807, 2.05) is 0 Å². The summed E-state index contributed by atoms with van der Waals surface area (Å²) in [4.78, 5) is 27.5. The van der Waals surface area contributed by atoms with Gasteiger partial charge in [-0.2, -0.15) is 0 Å². The van der Waals surface area contributed by atoms with Crippen molar-refractivity contribution in [3.63, 3.8) is 0 Å². The molecule has 3 rings (SSSR count). The molecule has 25 heavy (non-hydrogen) atoms. The van der Waals surface area contributed by atoms with Gasteiger partial charge in [0.05, 0.1) is 11.6 Å². The van der Waals surface area contributed by atoms with Crippen molar-refractivity contribution < 1.29 is 19.1 Å². The minimum absolute atomic E-state index is 0.242. The highest BCUT2D eigenvalue weighted by Gasteiger charge is 2.32. The number of hydrogen-bond acceptors (Lipinski definition) is 3. The van der Waals surface area contributed by atoms with Gasteiger partial charge in [-0.1, -0.05) is 18.2 Å². The Labute approximate surface area is 145 Å². The van der Waals surface area contributed by atoms with Crippen LogP contribution in [0.5, 0.6) is 0 Å². The number of halogens is 1. The molecule has 1 atom stereocenters. The third-order valence-corrected chi connectivity index (χ3v) is 4.46. The van der Waals surface area contributed by atoms with Crippen molar-refractivity contribution in [2.45, 2.75) is 12.3 Å². The molecule has 0 aromatic heterocycles. The second-order valence-electron chi connectivity index (χ2n) is 6.26. The van der Waals surface area contributed by atoms with Gasteiger partial charge in [0.15, 0.2) is 0 Å². The standard InChI is InChI=1S/C19H19FN2O3/c1-21(2)17-8-7-12(11-15(17)20)18(23)22-10-9-14(19(24)25)13-5-3-4-6-16(13)22/h3-8,11,14H,9-10H2,1-2H3,(H,24,25). The zero-order chi connectivity index (χ0) is 18.1. The van der Waals surface area contributed by atoms with Crippen LogP contribution >= 0.6 is 0 Å². The molecule has 1 N–H and O–H groups in total. The Morgan fingerprint density at radius 3 is 2.56 bits per heavy atom. The van der Waals surface area contributed by atoms with Crippen LogP contribution in [0, 0.1) is 5.82 Å². The maximum atomic E-state index is 14.2. The molecule has 130 valence electrons. The van der Waals surface area contributed by atoms with Crippen molar-refractivity contribution in [2.75, 3.05) is 30.4 Å². The fraction of sp³-hybridized carbons (Fsp3) is 0.263. The summed E-state index contributed by atoms with van der Waals surface area (Å²) in [5.41, 5.74) is 1.83. The Balaban J connectivity index is 1.97. The van der Waals surface area contributed by atoms with E-state index in [0.717, 1.165) is 0 Å². The first kappa shape index (κ1) is 17.0. The van der Waals surface area contributed by atoms with Gasteiger partial charge in [0.2, 0.25) is 0 Å². The van der Waals surface area contributed by atoms with Gasteiger partial charge in [-0.3, -0.25) is 9.59 Å². The Kier molecular flexibility index (Phi) is 4.44. The number of hydrogen-bond donors (Lipinski definition) is 1. The molecule has 0 spiro atoms. The molecule has 1 aliphatic rings. The van der Waals surface area contributed by atoms with Crippen LogP contribution in [-0.4, -0.2) is 37.6 Å². The quantitative estimate of drug-likeness (QED) is 0.931. The lowest BCUT2D eigenvalue weighted by Crippen LogP contribution is -2.38. The van der Waals surface area contributed by atoms with Crippen molar-refractivity contribution in [2.24, 2.45) is 0 Å². The van der Waals surface area contributed by atoms with Crippen molar-refractivity contribution in [3.05, 3.63) is 59.4 Å². The van der Waals surface area contributed by atoms with Gasteiger partial charge < -0.3 is 14.9 Å². The first-order chi connectivity index (χ1) is 11.9. The number of carboxylic acid groups (broad SMARTS) is 1. The minimum atomic E-state index is -0.902. The maximum absolute atomic E-state index is 14.2. The number of aliphatic carboxylic acids is 1. The van der Waals surface area contributed by atoms with Crippen LogP contribution < -0.4 is 9.80 Å². The highest BCUT2D eigenvalue weighted by atomic mass is 19.1. The molecule has 1 heterocycles. The second kappa shape index (κ2) is 6.55. The Morgan fingerprint density at radius 1 is 1.20 bits per heavy atom. The minimum Gasteiger partial charge on any atom is -0.481 e. The molecule has 0 radical (unpaired) electrons. The highest BCUT2D eigenvalue weighted by Crippen LogP contribution is 2.36. The average Bonchev–Trinajstić information content (AvgIpc) is 2.59. The van der Waals surface area contributed by atoms with Crippen LogP contribution in [-0.2, 0) is 4.79 Å². The van der Waals surface area contributed by atoms with E-state index in [-0.39, 0.29) is 18.0 Å². The molecule has 1 unspecified atom stereocenters. The summed E-state index contributed by atoms with van der Waals surface area (Å²) in [6, 6.07) is 11.4. The number of carboxylic acids is 1. The van der Waals surface area contributed by atoms with E-state index in [9.17, 15) is 19.1 Å². The van der Waals surface area contributed by atoms with Gasteiger partial charge >= 0.3 is 5.97 Å². The van der Waals surface area contributed by atoms with Gasteiger partial charge in [0.1, 0.15) is 5.82 Å². The monoisotopic (exact) mass is 342 g/mol. The first-order valence-corrected chi connectivity index (χ1v) is 8.00. The number of fused-ring (bicyclic) bond motifs is 1. The number of para-hydroxylation sites is 1. The number of benzene rings is 2. The molecule has 1 aliphatic heterocycles. The zero-order valence-corrected chi connectivity index (χ0v) is 14.1. The van der Waals surface area contributed by atoms with Crippen LogP contribution in [0.4, 0.5) is 15.8 Å². The lowest BCUT2D eigenvalue weighted by Gasteiger charge is -2.32. The molecular weight excluding hydrogens is 323 g/mol.